The molecule has 1 heterocycles. The van der Waals surface area contributed by atoms with Crippen LogP contribution in [0.5, 0.6) is 0 Å². The molecule has 1 unspecified atom stereocenters. The Hall–Kier alpha value is -1.92. The van der Waals surface area contributed by atoms with Crippen molar-refractivity contribution >= 4 is 15.8 Å². The molecule has 0 radical (unpaired) electrons. The zero-order valence-electron chi connectivity index (χ0n) is 11.9. The van der Waals surface area contributed by atoms with Crippen LogP contribution in [0.3, 0.4) is 0 Å². The van der Waals surface area contributed by atoms with Crippen LogP contribution in [0.15, 0.2) is 53.6 Å². The van der Waals surface area contributed by atoms with Gasteiger partial charge in [-0.1, -0.05) is 30.3 Å². The van der Waals surface area contributed by atoms with E-state index in [0.717, 1.165) is 12.8 Å². The lowest BCUT2D eigenvalue weighted by Crippen LogP contribution is -2.33. The summed E-state index contributed by atoms with van der Waals surface area (Å²) in [6.45, 7) is 1.85. The molecule has 6 heteroatoms. The Labute approximate surface area is 125 Å². The van der Waals surface area contributed by atoms with Crippen molar-refractivity contribution in [2.24, 2.45) is 0 Å². The van der Waals surface area contributed by atoms with Crippen LogP contribution in [-0.4, -0.2) is 19.4 Å². The number of aryl methyl sites for hydroxylation is 1. The standard InChI is InChI=1S/C15H19N3O2S/c1-12(7-8-13-5-3-2-4-6-13)18-21(19,20)14-9-10-17-15(16)11-14/h2-6,9-12,18H,7-8H2,1H3,(H2,16,17). The lowest BCUT2D eigenvalue weighted by molar-refractivity contribution is 0.547. The van der Waals surface area contributed by atoms with Gasteiger partial charge in [0, 0.05) is 18.3 Å². The fourth-order valence-electron chi connectivity index (χ4n) is 2.01. The van der Waals surface area contributed by atoms with E-state index in [2.05, 4.69) is 9.71 Å². The monoisotopic (exact) mass is 305 g/mol. The lowest BCUT2D eigenvalue weighted by Gasteiger charge is -2.14. The zero-order chi connectivity index (χ0) is 15.3. The Morgan fingerprint density at radius 3 is 2.62 bits per heavy atom. The minimum absolute atomic E-state index is 0.140. The molecule has 5 nitrogen and oxygen atoms in total. The fraction of sp³-hybridized carbons (Fsp3) is 0.267. The predicted molar refractivity (Wildman–Crippen MR) is 83.2 cm³/mol. The number of hydrogen-bond acceptors (Lipinski definition) is 4. The number of aromatic nitrogens is 1. The average molecular weight is 305 g/mol. The van der Waals surface area contributed by atoms with Crippen LogP contribution in [0.4, 0.5) is 5.82 Å². The van der Waals surface area contributed by atoms with E-state index in [1.54, 1.807) is 0 Å². The van der Waals surface area contributed by atoms with Gasteiger partial charge < -0.3 is 5.73 Å². The van der Waals surface area contributed by atoms with Crippen molar-refractivity contribution in [1.82, 2.24) is 9.71 Å². The molecule has 1 aromatic carbocycles. The SMILES string of the molecule is CC(CCc1ccccc1)NS(=O)(=O)c1ccnc(N)c1. The summed E-state index contributed by atoms with van der Waals surface area (Å²) in [5, 5.41) is 0. The van der Waals surface area contributed by atoms with E-state index in [-0.39, 0.29) is 16.8 Å². The van der Waals surface area contributed by atoms with Crippen molar-refractivity contribution in [3.63, 3.8) is 0 Å². The van der Waals surface area contributed by atoms with Crippen molar-refractivity contribution in [1.29, 1.82) is 0 Å². The van der Waals surface area contributed by atoms with Crippen LogP contribution in [0.1, 0.15) is 18.9 Å². The Bertz CT molecular complexity index is 687. The van der Waals surface area contributed by atoms with Crippen molar-refractivity contribution in [3.05, 3.63) is 54.2 Å². The van der Waals surface area contributed by atoms with E-state index in [4.69, 9.17) is 5.73 Å². The highest BCUT2D eigenvalue weighted by atomic mass is 32.2. The average Bonchev–Trinajstić information content (AvgIpc) is 2.46. The summed E-state index contributed by atoms with van der Waals surface area (Å²) in [5.41, 5.74) is 6.71. The first-order chi connectivity index (χ1) is 9.97. The molecule has 21 heavy (non-hydrogen) atoms. The molecule has 112 valence electrons. The van der Waals surface area contributed by atoms with Crippen molar-refractivity contribution in [3.8, 4) is 0 Å². The van der Waals surface area contributed by atoms with Crippen LogP contribution < -0.4 is 10.5 Å². The van der Waals surface area contributed by atoms with Gasteiger partial charge in [0.1, 0.15) is 5.82 Å². The maximum absolute atomic E-state index is 12.2. The number of rotatable bonds is 6. The summed E-state index contributed by atoms with van der Waals surface area (Å²) in [6, 6.07) is 12.6. The second-order valence-corrected chi connectivity index (χ2v) is 6.68. The molecule has 0 bridgehead atoms. The zero-order valence-corrected chi connectivity index (χ0v) is 12.7. The number of nitrogens with zero attached hydrogens (tertiary/aromatic N) is 1. The summed E-state index contributed by atoms with van der Waals surface area (Å²) in [4.78, 5) is 3.93. The largest absolute Gasteiger partial charge is 0.384 e. The molecule has 0 spiro atoms. The number of nitrogens with one attached hydrogen (secondary N) is 1. The molecular weight excluding hydrogens is 286 g/mol. The van der Waals surface area contributed by atoms with E-state index >= 15 is 0 Å². The molecule has 0 aliphatic carbocycles. The number of anilines is 1. The van der Waals surface area contributed by atoms with Crippen LogP contribution >= 0.6 is 0 Å². The van der Waals surface area contributed by atoms with E-state index in [0.29, 0.717) is 0 Å². The molecule has 0 aliphatic heterocycles. The number of sulfonamides is 1. The predicted octanol–water partition coefficient (Wildman–Crippen LogP) is 1.96. The fourth-order valence-corrected chi connectivity index (χ4v) is 3.31. The lowest BCUT2D eigenvalue weighted by atomic mass is 10.1. The Morgan fingerprint density at radius 2 is 1.95 bits per heavy atom. The third-order valence-electron chi connectivity index (χ3n) is 3.13. The highest BCUT2D eigenvalue weighted by molar-refractivity contribution is 7.89. The molecule has 2 aromatic rings. The maximum Gasteiger partial charge on any atom is 0.240 e. The Kier molecular flexibility index (Phi) is 4.93. The van der Waals surface area contributed by atoms with Gasteiger partial charge in [0.05, 0.1) is 4.90 Å². The maximum atomic E-state index is 12.2. The third-order valence-corrected chi connectivity index (χ3v) is 4.72. The first-order valence-corrected chi connectivity index (χ1v) is 8.23. The van der Waals surface area contributed by atoms with Crippen molar-refractivity contribution in [2.75, 3.05) is 5.73 Å². The minimum atomic E-state index is -3.56. The molecule has 0 aliphatic rings. The van der Waals surface area contributed by atoms with Gasteiger partial charge in [0.2, 0.25) is 10.0 Å². The van der Waals surface area contributed by atoms with Gasteiger partial charge in [-0.05, 0) is 31.4 Å². The van der Waals surface area contributed by atoms with Crippen LogP contribution in [0.2, 0.25) is 0 Å². The minimum Gasteiger partial charge on any atom is -0.384 e. The van der Waals surface area contributed by atoms with E-state index in [1.807, 2.05) is 37.3 Å². The van der Waals surface area contributed by atoms with Crippen molar-refractivity contribution < 1.29 is 8.42 Å². The molecule has 2 rings (SSSR count). The third kappa shape index (κ3) is 4.54. The summed E-state index contributed by atoms with van der Waals surface area (Å²) in [5.74, 6) is 0.190. The van der Waals surface area contributed by atoms with Crippen LogP contribution in [-0.2, 0) is 16.4 Å². The van der Waals surface area contributed by atoms with Gasteiger partial charge in [-0.2, -0.15) is 0 Å². The number of hydrogen-bond donors (Lipinski definition) is 2. The van der Waals surface area contributed by atoms with E-state index < -0.39 is 10.0 Å². The molecule has 3 N–H and O–H groups in total. The summed E-state index contributed by atoms with van der Waals surface area (Å²) < 4.78 is 27.1. The normalized spacial score (nSPS) is 13.0. The number of nitrogens with two attached hydrogens (primary N) is 1. The highest BCUT2D eigenvalue weighted by Gasteiger charge is 2.17. The second kappa shape index (κ2) is 6.69. The van der Waals surface area contributed by atoms with Gasteiger partial charge >= 0.3 is 0 Å². The molecular formula is C15H19N3O2S. The quantitative estimate of drug-likeness (QED) is 0.854. The summed E-state index contributed by atoms with van der Waals surface area (Å²) >= 11 is 0. The summed E-state index contributed by atoms with van der Waals surface area (Å²) in [6.07, 6.45) is 2.94. The molecule has 1 atom stereocenters. The van der Waals surface area contributed by atoms with Gasteiger partial charge in [-0.3, -0.25) is 0 Å². The van der Waals surface area contributed by atoms with Gasteiger partial charge in [-0.25, -0.2) is 18.1 Å². The first kappa shape index (κ1) is 15.5. The first-order valence-electron chi connectivity index (χ1n) is 6.75. The molecule has 0 fully saturated rings. The van der Waals surface area contributed by atoms with Crippen molar-refractivity contribution in [2.45, 2.75) is 30.7 Å². The molecule has 0 amide bonds. The van der Waals surface area contributed by atoms with Gasteiger partial charge in [0.25, 0.3) is 0 Å². The van der Waals surface area contributed by atoms with Gasteiger partial charge in [0.15, 0.2) is 0 Å². The number of nitrogen functional groups attached to an aromatic ring is 1. The number of pyridine rings is 1. The highest BCUT2D eigenvalue weighted by Crippen LogP contribution is 2.12. The Morgan fingerprint density at radius 1 is 1.24 bits per heavy atom. The summed E-state index contributed by atoms with van der Waals surface area (Å²) in [7, 11) is -3.56. The van der Waals surface area contributed by atoms with Crippen LogP contribution in [0, 0.1) is 0 Å². The number of benzene rings is 1. The second-order valence-electron chi connectivity index (χ2n) is 4.96. The molecule has 0 saturated carbocycles. The van der Waals surface area contributed by atoms with E-state index in [9.17, 15) is 8.42 Å². The Balaban J connectivity index is 1.97. The topological polar surface area (TPSA) is 85.1 Å². The molecule has 1 aromatic heterocycles. The molecule has 0 saturated heterocycles. The smallest absolute Gasteiger partial charge is 0.240 e. The van der Waals surface area contributed by atoms with Crippen LogP contribution in [0.25, 0.3) is 0 Å². The van der Waals surface area contributed by atoms with E-state index in [1.165, 1.54) is 23.9 Å². The van der Waals surface area contributed by atoms with Gasteiger partial charge in [-0.15, -0.1) is 0 Å².